The SMILES string of the molecule is Nc1ccc(Oc2ccc3nc(NC(=O)C4CC4)cn3c2)c(Cl)c1. The first kappa shape index (κ1) is 14.8. The predicted octanol–water partition coefficient (Wildman–Crippen LogP) is 3.71. The maximum Gasteiger partial charge on any atom is 0.228 e. The highest BCUT2D eigenvalue weighted by Gasteiger charge is 2.29. The molecule has 0 radical (unpaired) electrons. The molecular weight excluding hydrogens is 328 g/mol. The van der Waals surface area contributed by atoms with Crippen LogP contribution in [0.1, 0.15) is 12.8 Å². The Morgan fingerprint density at radius 2 is 2.12 bits per heavy atom. The summed E-state index contributed by atoms with van der Waals surface area (Å²) in [4.78, 5) is 16.2. The third-order valence-corrected chi connectivity index (χ3v) is 4.10. The molecule has 0 atom stereocenters. The second kappa shape index (κ2) is 5.72. The average molecular weight is 343 g/mol. The number of anilines is 2. The van der Waals surface area contributed by atoms with Gasteiger partial charge in [0, 0.05) is 11.6 Å². The Labute approximate surface area is 143 Å². The number of fused-ring (bicyclic) bond motifs is 1. The van der Waals surface area contributed by atoms with Gasteiger partial charge in [-0.2, -0.15) is 0 Å². The van der Waals surface area contributed by atoms with Gasteiger partial charge in [-0.05, 0) is 43.2 Å². The molecule has 7 heteroatoms. The van der Waals surface area contributed by atoms with Crippen molar-refractivity contribution < 1.29 is 9.53 Å². The number of benzene rings is 1. The number of pyridine rings is 1. The van der Waals surface area contributed by atoms with E-state index >= 15 is 0 Å². The van der Waals surface area contributed by atoms with Crippen LogP contribution in [0.4, 0.5) is 11.5 Å². The Kier molecular flexibility index (Phi) is 3.54. The predicted molar refractivity (Wildman–Crippen MR) is 92.5 cm³/mol. The number of carbonyl (C=O) groups is 1. The monoisotopic (exact) mass is 342 g/mol. The zero-order chi connectivity index (χ0) is 16.7. The van der Waals surface area contributed by atoms with Gasteiger partial charge in [-0.25, -0.2) is 4.98 Å². The van der Waals surface area contributed by atoms with Crippen molar-refractivity contribution in [1.82, 2.24) is 9.38 Å². The van der Waals surface area contributed by atoms with Crippen LogP contribution in [0, 0.1) is 5.92 Å². The second-order valence-corrected chi connectivity index (χ2v) is 6.22. The largest absolute Gasteiger partial charge is 0.454 e. The van der Waals surface area contributed by atoms with Crippen LogP contribution in [-0.2, 0) is 4.79 Å². The van der Waals surface area contributed by atoms with E-state index in [2.05, 4.69) is 10.3 Å². The average Bonchev–Trinajstić information content (AvgIpc) is 3.31. The summed E-state index contributed by atoms with van der Waals surface area (Å²) in [6, 6.07) is 8.69. The van der Waals surface area contributed by atoms with Crippen molar-refractivity contribution in [1.29, 1.82) is 0 Å². The highest BCUT2D eigenvalue weighted by molar-refractivity contribution is 6.32. The number of hydrogen-bond donors (Lipinski definition) is 2. The van der Waals surface area contributed by atoms with Gasteiger partial charge >= 0.3 is 0 Å². The number of aromatic nitrogens is 2. The molecule has 122 valence electrons. The van der Waals surface area contributed by atoms with E-state index in [1.54, 1.807) is 41.1 Å². The molecule has 0 aliphatic heterocycles. The van der Waals surface area contributed by atoms with Crippen LogP contribution in [0.15, 0.2) is 42.7 Å². The molecule has 1 aromatic carbocycles. The summed E-state index contributed by atoms with van der Waals surface area (Å²) in [7, 11) is 0. The molecule has 2 heterocycles. The fourth-order valence-electron chi connectivity index (χ4n) is 2.39. The highest BCUT2D eigenvalue weighted by Crippen LogP contribution is 2.32. The van der Waals surface area contributed by atoms with Crippen LogP contribution < -0.4 is 15.8 Å². The van der Waals surface area contributed by atoms with Gasteiger partial charge in [0.15, 0.2) is 5.82 Å². The Hall–Kier alpha value is -2.73. The summed E-state index contributed by atoms with van der Waals surface area (Å²) in [5.41, 5.74) is 6.97. The lowest BCUT2D eigenvalue weighted by Crippen LogP contribution is -2.13. The summed E-state index contributed by atoms with van der Waals surface area (Å²) in [6.07, 6.45) is 5.45. The zero-order valence-electron chi connectivity index (χ0n) is 12.7. The van der Waals surface area contributed by atoms with Gasteiger partial charge in [0.2, 0.25) is 5.91 Å². The summed E-state index contributed by atoms with van der Waals surface area (Å²) in [5.74, 6) is 1.83. The van der Waals surface area contributed by atoms with Gasteiger partial charge in [-0.3, -0.25) is 4.79 Å². The minimum Gasteiger partial charge on any atom is -0.454 e. The molecule has 2 aromatic heterocycles. The fourth-order valence-corrected chi connectivity index (χ4v) is 2.62. The van der Waals surface area contributed by atoms with Crippen molar-refractivity contribution in [3.05, 3.63) is 47.7 Å². The van der Waals surface area contributed by atoms with Gasteiger partial charge in [0.05, 0.1) is 17.4 Å². The number of hydrogen-bond acceptors (Lipinski definition) is 4. The third kappa shape index (κ3) is 3.00. The number of nitrogens with one attached hydrogen (secondary N) is 1. The van der Waals surface area contributed by atoms with Gasteiger partial charge in [0.1, 0.15) is 17.1 Å². The maximum atomic E-state index is 11.8. The molecule has 3 aromatic rings. The number of imidazole rings is 1. The number of halogens is 1. The lowest BCUT2D eigenvalue weighted by atomic mass is 10.3. The van der Waals surface area contributed by atoms with E-state index in [1.807, 2.05) is 6.07 Å². The molecule has 0 bridgehead atoms. The van der Waals surface area contributed by atoms with Crippen LogP contribution in [-0.4, -0.2) is 15.3 Å². The van der Waals surface area contributed by atoms with Crippen molar-refractivity contribution in [2.75, 3.05) is 11.1 Å². The molecule has 0 saturated heterocycles. The number of nitrogen functional groups attached to an aromatic ring is 1. The number of ether oxygens (including phenoxy) is 1. The first-order valence-corrected chi connectivity index (χ1v) is 7.99. The molecule has 1 aliphatic carbocycles. The van der Waals surface area contributed by atoms with Crippen molar-refractivity contribution in [2.24, 2.45) is 5.92 Å². The van der Waals surface area contributed by atoms with Gasteiger partial charge in [0.25, 0.3) is 0 Å². The lowest BCUT2D eigenvalue weighted by Gasteiger charge is -2.08. The summed E-state index contributed by atoms with van der Waals surface area (Å²) < 4.78 is 7.58. The fraction of sp³-hybridized carbons (Fsp3) is 0.176. The Balaban J connectivity index is 1.57. The van der Waals surface area contributed by atoms with Crippen molar-refractivity contribution in [3.8, 4) is 11.5 Å². The summed E-state index contributed by atoms with van der Waals surface area (Å²) in [6.45, 7) is 0. The van der Waals surface area contributed by atoms with Crippen molar-refractivity contribution >= 4 is 34.7 Å². The third-order valence-electron chi connectivity index (χ3n) is 3.81. The van der Waals surface area contributed by atoms with Crippen molar-refractivity contribution in [2.45, 2.75) is 12.8 Å². The minimum absolute atomic E-state index is 0.0311. The van der Waals surface area contributed by atoms with Crippen LogP contribution in [0.2, 0.25) is 5.02 Å². The molecule has 1 amide bonds. The summed E-state index contributed by atoms with van der Waals surface area (Å²) in [5, 5.41) is 3.27. The van der Waals surface area contributed by atoms with E-state index in [0.29, 0.717) is 28.0 Å². The molecule has 4 rings (SSSR count). The molecule has 24 heavy (non-hydrogen) atoms. The molecular formula is C17H15ClN4O2. The van der Waals surface area contributed by atoms with E-state index < -0.39 is 0 Å². The van der Waals surface area contributed by atoms with E-state index in [-0.39, 0.29) is 11.8 Å². The summed E-state index contributed by atoms with van der Waals surface area (Å²) >= 11 is 6.12. The van der Waals surface area contributed by atoms with Crippen LogP contribution >= 0.6 is 11.6 Å². The lowest BCUT2D eigenvalue weighted by molar-refractivity contribution is -0.117. The molecule has 1 saturated carbocycles. The van der Waals surface area contributed by atoms with Crippen LogP contribution in [0.5, 0.6) is 11.5 Å². The molecule has 6 nitrogen and oxygen atoms in total. The quantitative estimate of drug-likeness (QED) is 0.708. The van der Waals surface area contributed by atoms with Gasteiger partial charge in [-0.1, -0.05) is 11.6 Å². The molecule has 0 unspecified atom stereocenters. The van der Waals surface area contributed by atoms with E-state index in [0.717, 1.165) is 18.5 Å². The standard InChI is InChI=1S/C17H15ClN4O2/c18-13-7-11(19)3-5-14(13)24-12-4-6-16-20-15(9-22(16)8-12)21-17(23)10-1-2-10/h3-10H,1-2,19H2,(H,21,23). The molecule has 1 aliphatic rings. The van der Waals surface area contributed by atoms with Gasteiger partial charge < -0.3 is 20.2 Å². The van der Waals surface area contributed by atoms with Crippen LogP contribution in [0.25, 0.3) is 5.65 Å². The first-order valence-electron chi connectivity index (χ1n) is 7.61. The van der Waals surface area contributed by atoms with E-state index in [1.165, 1.54) is 0 Å². The number of nitrogens with two attached hydrogens (primary N) is 1. The van der Waals surface area contributed by atoms with Gasteiger partial charge in [-0.15, -0.1) is 0 Å². The van der Waals surface area contributed by atoms with E-state index in [4.69, 9.17) is 22.1 Å². The molecule has 1 fully saturated rings. The number of carbonyl (C=O) groups excluding carboxylic acids is 1. The Morgan fingerprint density at radius 3 is 2.88 bits per heavy atom. The Bertz CT molecular complexity index is 933. The first-order chi connectivity index (χ1) is 11.6. The number of rotatable bonds is 4. The van der Waals surface area contributed by atoms with E-state index in [9.17, 15) is 4.79 Å². The number of nitrogens with zero attached hydrogens (tertiary/aromatic N) is 2. The minimum atomic E-state index is 0.0311. The van der Waals surface area contributed by atoms with Crippen LogP contribution in [0.3, 0.4) is 0 Å². The zero-order valence-corrected chi connectivity index (χ0v) is 13.5. The Morgan fingerprint density at radius 1 is 1.29 bits per heavy atom. The normalized spacial score (nSPS) is 13.9. The topological polar surface area (TPSA) is 81.7 Å². The molecule has 3 N–H and O–H groups in total. The second-order valence-electron chi connectivity index (χ2n) is 5.81. The highest BCUT2D eigenvalue weighted by atomic mass is 35.5. The van der Waals surface area contributed by atoms with Crippen molar-refractivity contribution in [3.63, 3.8) is 0 Å². The smallest absolute Gasteiger partial charge is 0.228 e. The maximum absolute atomic E-state index is 11.8. The number of amides is 1. The molecule has 0 spiro atoms.